The van der Waals surface area contributed by atoms with E-state index in [1.807, 2.05) is 30.3 Å². The van der Waals surface area contributed by atoms with Crippen molar-refractivity contribution >= 4 is 27.7 Å². The summed E-state index contributed by atoms with van der Waals surface area (Å²) in [5.74, 6) is -0.409. The molecule has 0 unspecified atom stereocenters. The minimum atomic E-state index is -0.409. The molecule has 3 nitrogen and oxygen atoms in total. The van der Waals surface area contributed by atoms with Gasteiger partial charge in [0.25, 0.3) is 0 Å². The number of carbonyl (C=O) groups is 1. The van der Waals surface area contributed by atoms with Crippen LogP contribution in [0, 0.1) is 13.0 Å². The highest BCUT2D eigenvalue weighted by molar-refractivity contribution is 6.17. The largest absolute Gasteiger partial charge is 0.366 e. The fourth-order valence-electron chi connectivity index (χ4n) is 3.34. The van der Waals surface area contributed by atoms with Crippen LogP contribution < -0.4 is 5.73 Å². The van der Waals surface area contributed by atoms with Gasteiger partial charge >= 0.3 is 0 Å². The average molecular weight is 313 g/mol. The van der Waals surface area contributed by atoms with Crippen molar-refractivity contribution in [3.05, 3.63) is 83.4 Å². The number of rotatable bonds is 3. The zero-order chi connectivity index (χ0) is 16.7. The summed E-state index contributed by atoms with van der Waals surface area (Å²) in [5, 5.41) is 1.82. The van der Waals surface area contributed by atoms with E-state index in [0.717, 1.165) is 28.4 Å². The lowest BCUT2D eigenvalue weighted by Crippen LogP contribution is -2.11. The van der Waals surface area contributed by atoms with Crippen molar-refractivity contribution in [2.24, 2.45) is 5.73 Å². The first-order valence-corrected chi connectivity index (χ1v) is 7.93. The Kier molecular flexibility index (Phi) is 3.35. The molecule has 0 atom stereocenters. The van der Waals surface area contributed by atoms with Gasteiger partial charge in [-0.1, -0.05) is 42.5 Å². The van der Waals surface area contributed by atoms with E-state index in [1.54, 1.807) is 6.07 Å². The van der Waals surface area contributed by atoms with Crippen molar-refractivity contribution < 1.29 is 4.79 Å². The molecule has 1 heterocycles. The second-order valence-electron chi connectivity index (χ2n) is 6.01. The number of amides is 1. The molecule has 0 bridgehead atoms. The molecule has 1 radical (unpaired) electrons. The molecule has 3 heteroatoms. The fourth-order valence-corrected chi connectivity index (χ4v) is 3.34. The lowest BCUT2D eigenvalue weighted by molar-refractivity contribution is 0.100. The molecular weight excluding hydrogens is 296 g/mol. The lowest BCUT2D eigenvalue weighted by atomic mass is 10.1. The van der Waals surface area contributed by atoms with Crippen LogP contribution in [0.4, 0.5) is 0 Å². The molecule has 0 saturated heterocycles. The zero-order valence-electron chi connectivity index (χ0n) is 13.4. The number of aromatic nitrogens is 1. The SMILES string of the molecule is Cc1ccccc1Cn1c2ccc[c]c2c2c(C(N)=O)cccc21. The number of nitrogens with two attached hydrogens (primary N) is 1. The van der Waals surface area contributed by atoms with Gasteiger partial charge in [0.05, 0.1) is 11.0 Å². The second-order valence-corrected chi connectivity index (χ2v) is 6.01. The maximum atomic E-state index is 11.9. The number of aryl methyl sites for hydroxylation is 1. The highest BCUT2D eigenvalue weighted by atomic mass is 16.1. The molecule has 2 N–H and O–H groups in total. The Morgan fingerprint density at radius 1 is 1.04 bits per heavy atom. The van der Waals surface area contributed by atoms with Gasteiger partial charge in [-0.05, 0) is 42.3 Å². The number of primary amides is 1. The third-order valence-electron chi connectivity index (χ3n) is 4.56. The number of hydrogen-bond acceptors (Lipinski definition) is 1. The highest BCUT2D eigenvalue weighted by Crippen LogP contribution is 2.32. The first-order valence-electron chi connectivity index (χ1n) is 7.93. The van der Waals surface area contributed by atoms with Gasteiger partial charge in [-0.25, -0.2) is 0 Å². The van der Waals surface area contributed by atoms with Crippen molar-refractivity contribution in [1.82, 2.24) is 4.57 Å². The van der Waals surface area contributed by atoms with Crippen LogP contribution in [0.2, 0.25) is 0 Å². The van der Waals surface area contributed by atoms with E-state index >= 15 is 0 Å². The maximum Gasteiger partial charge on any atom is 0.249 e. The minimum absolute atomic E-state index is 0.409. The molecular formula is C21H17N2O. The standard InChI is InChI=1S/C21H17N2O/c1-14-7-2-3-8-15(14)13-23-18-11-5-4-9-16(18)20-17(21(22)24)10-6-12-19(20)23/h2-8,10-12H,13H2,1H3,(H2,22,24). The first-order chi connectivity index (χ1) is 11.7. The van der Waals surface area contributed by atoms with Crippen LogP contribution in [0.15, 0.2) is 60.7 Å². The van der Waals surface area contributed by atoms with Crippen LogP contribution in [-0.4, -0.2) is 10.5 Å². The average Bonchev–Trinajstić information content (AvgIpc) is 2.91. The molecule has 117 valence electrons. The Morgan fingerprint density at radius 2 is 1.83 bits per heavy atom. The van der Waals surface area contributed by atoms with E-state index in [2.05, 4.69) is 41.8 Å². The van der Waals surface area contributed by atoms with Crippen LogP contribution in [0.1, 0.15) is 21.5 Å². The third-order valence-corrected chi connectivity index (χ3v) is 4.56. The van der Waals surface area contributed by atoms with E-state index in [9.17, 15) is 4.79 Å². The van der Waals surface area contributed by atoms with Gasteiger partial charge in [0, 0.05) is 22.9 Å². The molecule has 0 aliphatic carbocycles. The molecule has 0 spiro atoms. The Morgan fingerprint density at radius 3 is 2.62 bits per heavy atom. The second kappa shape index (κ2) is 5.53. The van der Waals surface area contributed by atoms with Crippen LogP contribution >= 0.6 is 0 Å². The summed E-state index contributed by atoms with van der Waals surface area (Å²) in [6.45, 7) is 2.86. The van der Waals surface area contributed by atoms with Crippen molar-refractivity contribution in [2.75, 3.05) is 0 Å². The van der Waals surface area contributed by atoms with Gasteiger partial charge in [0.2, 0.25) is 5.91 Å². The van der Waals surface area contributed by atoms with Gasteiger partial charge in [-0.2, -0.15) is 0 Å². The van der Waals surface area contributed by atoms with E-state index < -0.39 is 5.91 Å². The first kappa shape index (κ1) is 14.5. The molecule has 0 saturated carbocycles. The number of fused-ring (bicyclic) bond motifs is 3. The monoisotopic (exact) mass is 313 g/mol. The van der Waals surface area contributed by atoms with E-state index in [-0.39, 0.29) is 0 Å². The molecule has 4 aromatic rings. The van der Waals surface area contributed by atoms with Crippen molar-refractivity contribution in [2.45, 2.75) is 13.5 Å². The summed E-state index contributed by atoms with van der Waals surface area (Å²) in [6.07, 6.45) is 0. The fraction of sp³-hybridized carbons (Fsp3) is 0.0952. The van der Waals surface area contributed by atoms with E-state index in [0.29, 0.717) is 5.56 Å². The number of hydrogen-bond donors (Lipinski definition) is 1. The maximum absolute atomic E-state index is 11.9. The third kappa shape index (κ3) is 2.17. The smallest absolute Gasteiger partial charge is 0.249 e. The van der Waals surface area contributed by atoms with Gasteiger partial charge in [-0.15, -0.1) is 0 Å². The van der Waals surface area contributed by atoms with Gasteiger partial charge < -0.3 is 10.3 Å². The molecule has 0 fully saturated rings. The van der Waals surface area contributed by atoms with Crippen LogP contribution in [0.25, 0.3) is 21.8 Å². The number of nitrogens with zero attached hydrogens (tertiary/aromatic N) is 1. The van der Waals surface area contributed by atoms with Gasteiger partial charge in [0.15, 0.2) is 0 Å². The topological polar surface area (TPSA) is 48.0 Å². The molecule has 24 heavy (non-hydrogen) atoms. The predicted octanol–water partition coefficient (Wildman–Crippen LogP) is 4.05. The molecule has 3 aromatic carbocycles. The van der Waals surface area contributed by atoms with Crippen LogP contribution in [0.3, 0.4) is 0 Å². The van der Waals surface area contributed by atoms with Crippen LogP contribution in [-0.2, 0) is 6.54 Å². The normalized spacial score (nSPS) is 11.2. The molecule has 1 aromatic heterocycles. The minimum Gasteiger partial charge on any atom is -0.366 e. The van der Waals surface area contributed by atoms with E-state index in [4.69, 9.17) is 5.73 Å². The van der Waals surface area contributed by atoms with Crippen LogP contribution in [0.5, 0.6) is 0 Å². The lowest BCUT2D eigenvalue weighted by Gasteiger charge is -2.10. The van der Waals surface area contributed by atoms with Gasteiger partial charge in [0.1, 0.15) is 0 Å². The number of benzene rings is 3. The Labute approximate surface area is 140 Å². The van der Waals surface area contributed by atoms with Gasteiger partial charge in [-0.3, -0.25) is 4.79 Å². The predicted molar refractivity (Wildman–Crippen MR) is 97.1 cm³/mol. The number of carbonyl (C=O) groups excluding carboxylic acids is 1. The zero-order valence-corrected chi connectivity index (χ0v) is 13.4. The molecule has 1 amide bonds. The summed E-state index contributed by atoms with van der Waals surface area (Å²) in [7, 11) is 0. The van der Waals surface area contributed by atoms with Crippen molar-refractivity contribution in [3.8, 4) is 0 Å². The van der Waals surface area contributed by atoms with Crippen molar-refractivity contribution in [3.63, 3.8) is 0 Å². The summed E-state index contributed by atoms with van der Waals surface area (Å²) in [6, 6.07) is 23.2. The van der Waals surface area contributed by atoms with E-state index in [1.165, 1.54) is 11.1 Å². The Bertz CT molecular complexity index is 1080. The van der Waals surface area contributed by atoms with Crippen molar-refractivity contribution in [1.29, 1.82) is 0 Å². The quantitative estimate of drug-likeness (QED) is 0.609. The Balaban J connectivity index is 2.06. The Hall–Kier alpha value is -3.07. The molecule has 0 aliphatic rings. The summed E-state index contributed by atoms with van der Waals surface area (Å²) >= 11 is 0. The highest BCUT2D eigenvalue weighted by Gasteiger charge is 2.16. The summed E-state index contributed by atoms with van der Waals surface area (Å²) in [4.78, 5) is 11.9. The summed E-state index contributed by atoms with van der Waals surface area (Å²) < 4.78 is 2.23. The summed E-state index contributed by atoms with van der Waals surface area (Å²) in [5.41, 5.74) is 10.7. The molecule has 4 rings (SSSR count). The molecule has 0 aliphatic heterocycles.